The number of nitrogens with zero attached hydrogens (tertiary/aromatic N) is 1. The number of ketones is 1. The Hall–Kier alpha value is -1.35. The van der Waals surface area contributed by atoms with Crippen molar-refractivity contribution < 1.29 is 9.53 Å². The van der Waals surface area contributed by atoms with E-state index in [0.29, 0.717) is 12.6 Å². The van der Waals surface area contributed by atoms with Crippen molar-refractivity contribution in [1.29, 1.82) is 0 Å². The predicted octanol–water partition coefficient (Wildman–Crippen LogP) is 2.29. The lowest BCUT2D eigenvalue weighted by atomic mass is 10.0. The molecule has 2 aliphatic rings. The summed E-state index contributed by atoms with van der Waals surface area (Å²) in [4.78, 5) is 14.5. The normalized spacial score (nSPS) is 22.8. The summed E-state index contributed by atoms with van der Waals surface area (Å²) in [7, 11) is 0. The third kappa shape index (κ3) is 2.15. The van der Waals surface area contributed by atoms with E-state index in [9.17, 15) is 4.79 Å². The second kappa shape index (κ2) is 4.73. The minimum absolute atomic E-state index is 0.235. The van der Waals surface area contributed by atoms with Crippen LogP contribution in [0.1, 0.15) is 35.7 Å². The average Bonchev–Trinajstić information content (AvgIpc) is 2.98. The molecule has 1 saturated heterocycles. The van der Waals surface area contributed by atoms with Gasteiger partial charge >= 0.3 is 0 Å². The maximum atomic E-state index is 12.3. The first-order chi connectivity index (χ1) is 8.74. The summed E-state index contributed by atoms with van der Waals surface area (Å²) in [5.41, 5.74) is 2.01. The second-order valence-corrected chi connectivity index (χ2v) is 5.31. The molecule has 2 heterocycles. The molecule has 0 amide bonds. The monoisotopic (exact) mass is 245 g/mol. The number of carbonyl (C=O) groups excluding carboxylic acids is 1. The van der Waals surface area contributed by atoms with E-state index < -0.39 is 0 Å². The number of hydrogen-bond donors (Lipinski definition) is 0. The molecule has 0 saturated carbocycles. The summed E-state index contributed by atoms with van der Waals surface area (Å²) in [5, 5.41) is 0. The Labute approximate surface area is 108 Å². The van der Waals surface area contributed by atoms with Crippen molar-refractivity contribution >= 4 is 5.78 Å². The molecule has 0 radical (unpaired) electrons. The fourth-order valence-corrected chi connectivity index (χ4v) is 2.86. The van der Waals surface area contributed by atoms with Crippen LogP contribution in [0.25, 0.3) is 0 Å². The molecule has 3 rings (SSSR count). The number of rotatable bonds is 3. The third-order valence-electron chi connectivity index (χ3n) is 4.05. The van der Waals surface area contributed by atoms with Gasteiger partial charge in [-0.05, 0) is 50.1 Å². The summed E-state index contributed by atoms with van der Waals surface area (Å²) < 4.78 is 5.46. The molecular weight excluding hydrogens is 226 g/mol. The van der Waals surface area contributed by atoms with E-state index in [1.807, 2.05) is 18.2 Å². The summed E-state index contributed by atoms with van der Waals surface area (Å²) in [6, 6.07) is 6.38. The molecule has 3 heteroatoms. The highest BCUT2D eigenvalue weighted by molar-refractivity contribution is 5.98. The van der Waals surface area contributed by atoms with Crippen LogP contribution < -0.4 is 4.74 Å². The van der Waals surface area contributed by atoms with E-state index in [1.165, 1.54) is 18.4 Å². The van der Waals surface area contributed by atoms with Crippen LogP contribution in [0.3, 0.4) is 0 Å². The zero-order chi connectivity index (χ0) is 12.5. The lowest BCUT2D eigenvalue weighted by molar-refractivity contribution is 0.0926. The van der Waals surface area contributed by atoms with Gasteiger partial charge in [0.25, 0.3) is 0 Å². The molecule has 0 N–H and O–H groups in total. The highest BCUT2D eigenvalue weighted by Gasteiger charge is 2.23. The topological polar surface area (TPSA) is 29.5 Å². The van der Waals surface area contributed by atoms with Gasteiger partial charge in [0.1, 0.15) is 5.75 Å². The van der Waals surface area contributed by atoms with Crippen molar-refractivity contribution in [2.75, 3.05) is 19.7 Å². The highest BCUT2D eigenvalue weighted by Crippen LogP contribution is 2.26. The third-order valence-corrected chi connectivity index (χ3v) is 4.05. The molecule has 0 bridgehead atoms. The smallest absolute Gasteiger partial charge is 0.176 e. The summed E-state index contributed by atoms with van der Waals surface area (Å²) >= 11 is 0. The molecule has 0 aromatic heterocycles. The van der Waals surface area contributed by atoms with Crippen molar-refractivity contribution in [1.82, 2.24) is 4.90 Å². The van der Waals surface area contributed by atoms with Crippen LogP contribution in [0.15, 0.2) is 18.2 Å². The van der Waals surface area contributed by atoms with Crippen LogP contribution in [0.4, 0.5) is 0 Å². The van der Waals surface area contributed by atoms with Crippen LogP contribution in [0, 0.1) is 0 Å². The second-order valence-electron chi connectivity index (χ2n) is 5.31. The Balaban J connectivity index is 1.72. The summed E-state index contributed by atoms with van der Waals surface area (Å²) in [6.07, 6.45) is 3.36. The SMILES string of the molecule is CC1CCCN1CC(=O)c1ccc2c(c1)CCO2. The van der Waals surface area contributed by atoms with Gasteiger partial charge in [-0.1, -0.05) is 0 Å². The van der Waals surface area contributed by atoms with E-state index >= 15 is 0 Å². The van der Waals surface area contributed by atoms with Gasteiger partial charge in [-0.25, -0.2) is 0 Å². The molecule has 1 fully saturated rings. The lowest BCUT2D eigenvalue weighted by Crippen LogP contribution is -2.32. The minimum Gasteiger partial charge on any atom is -0.493 e. The first-order valence-corrected chi connectivity index (χ1v) is 6.77. The Morgan fingerprint density at radius 2 is 2.39 bits per heavy atom. The number of ether oxygens (including phenoxy) is 1. The largest absolute Gasteiger partial charge is 0.493 e. The van der Waals surface area contributed by atoms with Gasteiger partial charge in [0.2, 0.25) is 0 Å². The lowest BCUT2D eigenvalue weighted by Gasteiger charge is -2.19. The molecule has 0 aliphatic carbocycles. The quantitative estimate of drug-likeness (QED) is 0.765. The first-order valence-electron chi connectivity index (χ1n) is 6.77. The molecule has 1 aromatic rings. The number of Topliss-reactive ketones (excluding diaryl/α,β-unsaturated/α-hetero) is 1. The van der Waals surface area contributed by atoms with Gasteiger partial charge in [0.15, 0.2) is 5.78 Å². The fraction of sp³-hybridized carbons (Fsp3) is 0.533. The molecule has 18 heavy (non-hydrogen) atoms. The predicted molar refractivity (Wildman–Crippen MR) is 70.2 cm³/mol. The summed E-state index contributed by atoms with van der Waals surface area (Å²) in [6.45, 7) is 4.56. The van der Waals surface area contributed by atoms with E-state index in [0.717, 1.165) is 30.9 Å². The summed E-state index contributed by atoms with van der Waals surface area (Å²) in [5.74, 6) is 1.18. The molecule has 3 nitrogen and oxygen atoms in total. The van der Waals surface area contributed by atoms with Crippen molar-refractivity contribution in [2.45, 2.75) is 32.2 Å². The highest BCUT2D eigenvalue weighted by atomic mass is 16.5. The van der Waals surface area contributed by atoms with E-state index in [2.05, 4.69) is 11.8 Å². The number of benzene rings is 1. The number of carbonyl (C=O) groups is 1. The zero-order valence-corrected chi connectivity index (χ0v) is 10.8. The van der Waals surface area contributed by atoms with Gasteiger partial charge < -0.3 is 4.74 Å². The van der Waals surface area contributed by atoms with Crippen LogP contribution in [0.2, 0.25) is 0 Å². The maximum absolute atomic E-state index is 12.3. The molecule has 1 unspecified atom stereocenters. The Kier molecular flexibility index (Phi) is 3.08. The number of fused-ring (bicyclic) bond motifs is 1. The van der Waals surface area contributed by atoms with Gasteiger partial charge in [-0.15, -0.1) is 0 Å². The fourth-order valence-electron chi connectivity index (χ4n) is 2.86. The molecule has 1 aromatic carbocycles. The van der Waals surface area contributed by atoms with E-state index in [-0.39, 0.29) is 5.78 Å². The number of hydrogen-bond acceptors (Lipinski definition) is 3. The molecule has 96 valence electrons. The Bertz CT molecular complexity index is 470. The number of likely N-dealkylation sites (tertiary alicyclic amines) is 1. The van der Waals surface area contributed by atoms with Crippen molar-refractivity contribution in [2.24, 2.45) is 0 Å². The Morgan fingerprint density at radius 3 is 3.17 bits per heavy atom. The molecule has 1 atom stereocenters. The van der Waals surface area contributed by atoms with Crippen molar-refractivity contribution in [3.05, 3.63) is 29.3 Å². The van der Waals surface area contributed by atoms with Gasteiger partial charge in [-0.3, -0.25) is 9.69 Å². The minimum atomic E-state index is 0.235. The average molecular weight is 245 g/mol. The van der Waals surface area contributed by atoms with Gasteiger partial charge in [0.05, 0.1) is 13.2 Å². The van der Waals surface area contributed by atoms with Crippen LogP contribution >= 0.6 is 0 Å². The van der Waals surface area contributed by atoms with E-state index in [4.69, 9.17) is 4.74 Å². The maximum Gasteiger partial charge on any atom is 0.176 e. The van der Waals surface area contributed by atoms with Crippen molar-refractivity contribution in [3.8, 4) is 5.75 Å². The first kappa shape index (κ1) is 11.7. The molecule has 2 aliphatic heterocycles. The molecule has 0 spiro atoms. The Morgan fingerprint density at radius 1 is 1.50 bits per heavy atom. The zero-order valence-electron chi connectivity index (χ0n) is 10.8. The van der Waals surface area contributed by atoms with Gasteiger partial charge in [-0.2, -0.15) is 0 Å². The van der Waals surface area contributed by atoms with Crippen LogP contribution in [0.5, 0.6) is 5.75 Å². The standard InChI is InChI=1S/C15H19NO2/c1-11-3-2-7-16(11)10-14(17)12-4-5-15-13(9-12)6-8-18-15/h4-5,9,11H,2-3,6-8,10H2,1H3. The van der Waals surface area contributed by atoms with Crippen LogP contribution in [-0.2, 0) is 6.42 Å². The van der Waals surface area contributed by atoms with E-state index in [1.54, 1.807) is 0 Å². The van der Waals surface area contributed by atoms with Gasteiger partial charge in [0, 0.05) is 18.0 Å². The molecular formula is C15H19NO2. The van der Waals surface area contributed by atoms with Crippen LogP contribution in [-0.4, -0.2) is 36.4 Å². The van der Waals surface area contributed by atoms with Crippen molar-refractivity contribution in [3.63, 3.8) is 0 Å².